The van der Waals surface area contributed by atoms with Crippen molar-refractivity contribution in [3.8, 4) is 0 Å². The quantitative estimate of drug-likeness (QED) is 0.628. The highest BCUT2D eigenvalue weighted by Gasteiger charge is 2.16. The van der Waals surface area contributed by atoms with Gasteiger partial charge in [-0.15, -0.1) is 11.3 Å². The van der Waals surface area contributed by atoms with Crippen LogP contribution in [-0.2, 0) is 10.0 Å². The lowest BCUT2D eigenvalue weighted by Gasteiger charge is -2.10. The first-order valence-electron chi connectivity index (χ1n) is 7.28. The molecule has 6 nitrogen and oxygen atoms in total. The highest BCUT2D eigenvalue weighted by Crippen LogP contribution is 2.25. The number of aromatic nitrogens is 2. The summed E-state index contributed by atoms with van der Waals surface area (Å²) in [5.41, 5.74) is 2.69. The van der Waals surface area contributed by atoms with Crippen LogP contribution >= 0.6 is 22.9 Å². The largest absolute Gasteiger partial charge is 0.331 e. The van der Waals surface area contributed by atoms with E-state index in [2.05, 4.69) is 20.0 Å². The van der Waals surface area contributed by atoms with Crippen molar-refractivity contribution < 1.29 is 8.42 Å². The van der Waals surface area contributed by atoms with E-state index < -0.39 is 10.0 Å². The van der Waals surface area contributed by atoms with E-state index in [9.17, 15) is 8.42 Å². The predicted octanol–water partition coefficient (Wildman–Crippen LogP) is 4.35. The second kappa shape index (κ2) is 6.99. The maximum Gasteiger partial charge on any atom is 0.263 e. The maximum absolute atomic E-state index is 12.5. The fraction of sp³-hybridized carbons (Fsp3) is 0.125. The van der Waals surface area contributed by atoms with Crippen molar-refractivity contribution in [2.75, 3.05) is 10.0 Å². The number of hydrogen-bond donors (Lipinski definition) is 2. The molecule has 2 heterocycles. The van der Waals surface area contributed by atoms with Gasteiger partial charge in [0.05, 0.1) is 11.4 Å². The summed E-state index contributed by atoms with van der Waals surface area (Å²) < 4.78 is 27.6. The molecule has 0 amide bonds. The summed E-state index contributed by atoms with van der Waals surface area (Å²) in [6, 6.07) is 8.45. The first-order valence-corrected chi connectivity index (χ1v) is 10.0. The summed E-state index contributed by atoms with van der Waals surface area (Å²) >= 11 is 7.33. The average molecular weight is 395 g/mol. The standard InChI is InChI=1S/C16H15ClN4O2S2/c1-10-6-14(8-18-15(10)17)25(22,23)21-13-5-3-4-12(7-13)20-16-19-11(2)9-24-16/h3-9,21H,1-2H3,(H,19,20). The van der Waals surface area contributed by atoms with Crippen LogP contribution in [0.1, 0.15) is 11.3 Å². The highest BCUT2D eigenvalue weighted by molar-refractivity contribution is 7.92. The number of rotatable bonds is 5. The molecule has 3 aromatic rings. The summed E-state index contributed by atoms with van der Waals surface area (Å²) in [5, 5.41) is 6.11. The molecule has 0 unspecified atom stereocenters. The van der Waals surface area contributed by atoms with E-state index in [1.165, 1.54) is 23.6 Å². The Morgan fingerprint density at radius 1 is 1.16 bits per heavy atom. The van der Waals surface area contributed by atoms with Crippen LogP contribution in [0.25, 0.3) is 0 Å². The van der Waals surface area contributed by atoms with E-state index in [1.54, 1.807) is 25.1 Å². The van der Waals surface area contributed by atoms with Crippen molar-refractivity contribution in [1.29, 1.82) is 0 Å². The first kappa shape index (κ1) is 17.7. The Morgan fingerprint density at radius 3 is 2.60 bits per heavy atom. The van der Waals surface area contributed by atoms with Gasteiger partial charge in [-0.25, -0.2) is 18.4 Å². The van der Waals surface area contributed by atoms with E-state index in [4.69, 9.17) is 11.6 Å². The van der Waals surface area contributed by atoms with E-state index in [-0.39, 0.29) is 10.0 Å². The molecule has 0 aliphatic rings. The van der Waals surface area contributed by atoms with Gasteiger partial charge in [0, 0.05) is 17.3 Å². The number of aryl methyl sites for hydroxylation is 2. The van der Waals surface area contributed by atoms with Gasteiger partial charge in [0.2, 0.25) is 0 Å². The summed E-state index contributed by atoms with van der Waals surface area (Å²) in [5.74, 6) is 0. The summed E-state index contributed by atoms with van der Waals surface area (Å²) in [4.78, 5) is 8.27. The third kappa shape index (κ3) is 4.28. The van der Waals surface area contributed by atoms with E-state index >= 15 is 0 Å². The number of hydrogen-bond acceptors (Lipinski definition) is 6. The number of halogens is 1. The van der Waals surface area contributed by atoms with E-state index in [1.807, 2.05) is 18.4 Å². The number of sulfonamides is 1. The van der Waals surface area contributed by atoms with Gasteiger partial charge in [0.1, 0.15) is 10.0 Å². The second-order valence-corrected chi connectivity index (χ2v) is 8.28. The molecule has 0 saturated carbocycles. The monoisotopic (exact) mass is 394 g/mol. The molecule has 0 aliphatic carbocycles. The number of anilines is 3. The van der Waals surface area contributed by atoms with Crippen LogP contribution in [0.5, 0.6) is 0 Å². The van der Waals surface area contributed by atoms with Gasteiger partial charge in [0.15, 0.2) is 5.13 Å². The first-order chi connectivity index (χ1) is 11.8. The molecule has 3 rings (SSSR count). The molecule has 0 bridgehead atoms. The minimum atomic E-state index is -3.75. The van der Waals surface area contributed by atoms with Gasteiger partial charge in [-0.2, -0.15) is 0 Å². The Labute approximate surface area is 155 Å². The Morgan fingerprint density at radius 2 is 1.92 bits per heavy atom. The normalized spacial score (nSPS) is 11.3. The smallest absolute Gasteiger partial charge is 0.263 e. The van der Waals surface area contributed by atoms with Gasteiger partial charge < -0.3 is 5.32 Å². The third-order valence-corrected chi connectivity index (χ3v) is 5.90. The average Bonchev–Trinajstić information content (AvgIpc) is 2.95. The SMILES string of the molecule is Cc1csc(Nc2cccc(NS(=O)(=O)c3cnc(Cl)c(C)c3)c2)n1. The van der Waals surface area contributed by atoms with Crippen molar-refractivity contribution in [2.45, 2.75) is 18.7 Å². The lowest BCUT2D eigenvalue weighted by atomic mass is 10.3. The number of thiazole rings is 1. The zero-order valence-electron chi connectivity index (χ0n) is 13.4. The van der Waals surface area contributed by atoms with Gasteiger partial charge >= 0.3 is 0 Å². The number of nitrogens with one attached hydrogen (secondary N) is 2. The Balaban J connectivity index is 1.82. The molecule has 0 aliphatic heterocycles. The van der Waals surface area contributed by atoms with Crippen LogP contribution < -0.4 is 10.0 Å². The van der Waals surface area contributed by atoms with Crippen molar-refractivity contribution in [3.05, 3.63) is 58.3 Å². The molecular formula is C16H15ClN4O2S2. The fourth-order valence-corrected chi connectivity index (χ4v) is 3.98. The molecule has 1 aromatic carbocycles. The van der Waals surface area contributed by atoms with Crippen LogP contribution in [-0.4, -0.2) is 18.4 Å². The Hall–Kier alpha value is -2.16. The molecule has 9 heteroatoms. The summed E-state index contributed by atoms with van der Waals surface area (Å²) in [6.07, 6.45) is 1.23. The molecule has 0 radical (unpaired) electrons. The van der Waals surface area contributed by atoms with Gasteiger partial charge in [0.25, 0.3) is 10.0 Å². The molecule has 0 fully saturated rings. The maximum atomic E-state index is 12.5. The summed E-state index contributed by atoms with van der Waals surface area (Å²) in [7, 11) is -3.75. The van der Waals surface area contributed by atoms with Crippen molar-refractivity contribution >= 4 is 49.5 Å². The fourth-order valence-electron chi connectivity index (χ4n) is 2.09. The van der Waals surface area contributed by atoms with Gasteiger partial charge in [-0.1, -0.05) is 17.7 Å². The number of pyridine rings is 1. The Kier molecular flexibility index (Phi) is 4.94. The topological polar surface area (TPSA) is 84.0 Å². The summed E-state index contributed by atoms with van der Waals surface area (Å²) in [6.45, 7) is 3.61. The van der Waals surface area contributed by atoms with Crippen LogP contribution in [0.15, 0.2) is 46.8 Å². The third-order valence-electron chi connectivity index (χ3n) is 3.28. The van der Waals surface area contributed by atoms with Gasteiger partial charge in [-0.3, -0.25) is 4.72 Å². The van der Waals surface area contributed by atoms with Crippen LogP contribution in [0.4, 0.5) is 16.5 Å². The molecule has 130 valence electrons. The van der Waals surface area contributed by atoms with Crippen molar-refractivity contribution in [1.82, 2.24) is 9.97 Å². The lowest BCUT2D eigenvalue weighted by Crippen LogP contribution is -2.13. The molecule has 0 spiro atoms. The van der Waals surface area contributed by atoms with Crippen LogP contribution in [0.3, 0.4) is 0 Å². The zero-order chi connectivity index (χ0) is 18.0. The molecule has 25 heavy (non-hydrogen) atoms. The van der Waals surface area contributed by atoms with Crippen molar-refractivity contribution in [2.24, 2.45) is 0 Å². The molecule has 0 saturated heterocycles. The predicted molar refractivity (Wildman–Crippen MR) is 101 cm³/mol. The lowest BCUT2D eigenvalue weighted by molar-refractivity contribution is 0.600. The molecule has 0 atom stereocenters. The van der Waals surface area contributed by atoms with Gasteiger partial charge in [-0.05, 0) is 43.7 Å². The van der Waals surface area contributed by atoms with Crippen LogP contribution in [0.2, 0.25) is 5.15 Å². The number of benzene rings is 1. The second-order valence-electron chi connectivity index (χ2n) is 5.38. The molecule has 2 N–H and O–H groups in total. The number of nitrogens with zero attached hydrogens (tertiary/aromatic N) is 2. The van der Waals surface area contributed by atoms with E-state index in [0.717, 1.165) is 16.5 Å². The highest BCUT2D eigenvalue weighted by atomic mass is 35.5. The molecule has 2 aromatic heterocycles. The molecular weight excluding hydrogens is 380 g/mol. The van der Waals surface area contributed by atoms with E-state index in [0.29, 0.717) is 11.3 Å². The minimum absolute atomic E-state index is 0.0586. The zero-order valence-corrected chi connectivity index (χ0v) is 15.8. The Bertz CT molecular complexity index is 1020. The van der Waals surface area contributed by atoms with Crippen LogP contribution in [0, 0.1) is 13.8 Å². The van der Waals surface area contributed by atoms with Crippen molar-refractivity contribution in [3.63, 3.8) is 0 Å². The minimum Gasteiger partial charge on any atom is -0.331 e.